The molecule has 2 heterocycles. The summed E-state index contributed by atoms with van der Waals surface area (Å²) in [5.74, 6) is 2.53. The van der Waals surface area contributed by atoms with E-state index in [0.717, 1.165) is 24.7 Å². The number of hydrogen-bond donors (Lipinski definition) is 1. The molecule has 1 aromatic heterocycles. The third-order valence-corrected chi connectivity index (χ3v) is 3.57. The van der Waals surface area contributed by atoms with Crippen LogP contribution in [0.1, 0.15) is 43.1 Å². The highest BCUT2D eigenvalue weighted by Gasteiger charge is 2.26. The number of piperidine rings is 1. The van der Waals surface area contributed by atoms with Crippen LogP contribution in [0.5, 0.6) is 0 Å². The van der Waals surface area contributed by atoms with Crippen molar-refractivity contribution < 1.29 is 0 Å². The van der Waals surface area contributed by atoms with Crippen molar-refractivity contribution in [2.24, 2.45) is 5.92 Å². The molecule has 3 heteroatoms. The van der Waals surface area contributed by atoms with Gasteiger partial charge in [0.2, 0.25) is 0 Å². The summed E-state index contributed by atoms with van der Waals surface area (Å²) in [5, 5.41) is 3.46. The Balaban J connectivity index is 1.66. The van der Waals surface area contributed by atoms with E-state index < -0.39 is 0 Å². The van der Waals surface area contributed by atoms with Gasteiger partial charge >= 0.3 is 0 Å². The maximum Gasteiger partial charge on any atom is 0.131 e. The minimum absolute atomic E-state index is 0.671. The molecule has 1 atom stereocenters. The molecule has 2 aliphatic rings. The summed E-state index contributed by atoms with van der Waals surface area (Å²) in [4.78, 5) is 9.06. The van der Waals surface area contributed by atoms with Gasteiger partial charge in [-0.1, -0.05) is 0 Å². The Morgan fingerprint density at radius 1 is 1.31 bits per heavy atom. The van der Waals surface area contributed by atoms with Gasteiger partial charge in [0.25, 0.3) is 0 Å². The van der Waals surface area contributed by atoms with Crippen LogP contribution < -0.4 is 5.32 Å². The second kappa shape index (κ2) is 4.50. The Morgan fingerprint density at radius 2 is 2.25 bits per heavy atom. The first-order chi connectivity index (χ1) is 7.92. The molecule has 1 aliphatic heterocycles. The Hall–Kier alpha value is -0.960. The maximum atomic E-state index is 4.69. The zero-order valence-electron chi connectivity index (χ0n) is 9.65. The maximum absolute atomic E-state index is 4.69. The largest absolute Gasteiger partial charge is 0.316 e. The Kier molecular flexibility index (Phi) is 2.87. The van der Waals surface area contributed by atoms with Gasteiger partial charge in [-0.25, -0.2) is 9.97 Å². The third kappa shape index (κ3) is 2.40. The number of rotatable bonds is 3. The molecule has 16 heavy (non-hydrogen) atoms. The number of nitrogens with zero attached hydrogens (tertiary/aromatic N) is 2. The van der Waals surface area contributed by atoms with Gasteiger partial charge < -0.3 is 5.32 Å². The Bertz CT molecular complexity index is 354. The zero-order valence-corrected chi connectivity index (χ0v) is 9.65. The van der Waals surface area contributed by atoms with Crippen molar-refractivity contribution in [3.8, 4) is 0 Å². The van der Waals surface area contributed by atoms with Crippen LogP contribution in [0.4, 0.5) is 0 Å². The van der Waals surface area contributed by atoms with Gasteiger partial charge in [-0.05, 0) is 57.2 Å². The quantitative estimate of drug-likeness (QED) is 0.840. The van der Waals surface area contributed by atoms with Crippen molar-refractivity contribution in [1.29, 1.82) is 0 Å². The van der Waals surface area contributed by atoms with Gasteiger partial charge in [0.15, 0.2) is 0 Å². The van der Waals surface area contributed by atoms with Crippen LogP contribution in [-0.2, 0) is 6.42 Å². The normalized spacial score (nSPS) is 25.6. The first-order valence-corrected chi connectivity index (χ1v) is 6.44. The highest BCUT2D eigenvalue weighted by Crippen LogP contribution is 2.37. The predicted molar refractivity (Wildman–Crippen MR) is 63.3 cm³/mol. The molecule has 1 unspecified atom stereocenters. The third-order valence-electron chi connectivity index (χ3n) is 3.57. The lowest BCUT2D eigenvalue weighted by Crippen LogP contribution is -2.31. The average molecular weight is 217 g/mol. The molecule has 1 N–H and O–H groups in total. The molecular weight excluding hydrogens is 198 g/mol. The van der Waals surface area contributed by atoms with Gasteiger partial charge in [-0.2, -0.15) is 0 Å². The lowest BCUT2D eigenvalue weighted by atomic mass is 9.94. The predicted octanol–water partition coefficient (Wildman–Crippen LogP) is 1.90. The van der Waals surface area contributed by atoms with Gasteiger partial charge in [0.05, 0.1) is 0 Å². The fraction of sp³-hybridized carbons (Fsp3) is 0.692. The average Bonchev–Trinajstić information content (AvgIpc) is 3.15. The molecule has 3 nitrogen and oxygen atoms in total. The first kappa shape index (κ1) is 10.2. The fourth-order valence-corrected chi connectivity index (χ4v) is 2.46. The van der Waals surface area contributed by atoms with E-state index in [9.17, 15) is 0 Å². The van der Waals surface area contributed by atoms with Crippen LogP contribution in [0.2, 0.25) is 0 Å². The van der Waals surface area contributed by atoms with E-state index >= 15 is 0 Å². The Labute approximate surface area is 96.7 Å². The van der Waals surface area contributed by atoms with Crippen molar-refractivity contribution in [2.45, 2.75) is 38.0 Å². The number of nitrogens with one attached hydrogen (secondary N) is 1. The van der Waals surface area contributed by atoms with E-state index in [2.05, 4.69) is 21.4 Å². The topological polar surface area (TPSA) is 37.8 Å². The lowest BCUT2D eigenvalue weighted by molar-refractivity contribution is 0.373. The lowest BCUT2D eigenvalue weighted by Gasteiger charge is -2.22. The van der Waals surface area contributed by atoms with Crippen molar-refractivity contribution in [2.75, 3.05) is 13.1 Å². The van der Waals surface area contributed by atoms with Gasteiger partial charge in [0, 0.05) is 17.8 Å². The van der Waals surface area contributed by atoms with Crippen molar-refractivity contribution >= 4 is 0 Å². The summed E-state index contributed by atoms with van der Waals surface area (Å²) in [6.45, 7) is 2.34. The van der Waals surface area contributed by atoms with Crippen LogP contribution in [-0.4, -0.2) is 23.1 Å². The summed E-state index contributed by atoms with van der Waals surface area (Å²) in [5.41, 5.74) is 1.24. The molecule has 0 radical (unpaired) electrons. The van der Waals surface area contributed by atoms with E-state index in [1.807, 2.05) is 6.20 Å². The van der Waals surface area contributed by atoms with Gasteiger partial charge in [-0.3, -0.25) is 0 Å². The smallest absolute Gasteiger partial charge is 0.131 e. The van der Waals surface area contributed by atoms with Crippen molar-refractivity contribution in [3.05, 3.63) is 23.8 Å². The molecule has 3 rings (SSSR count). The van der Waals surface area contributed by atoms with Crippen LogP contribution in [0.3, 0.4) is 0 Å². The van der Waals surface area contributed by atoms with Crippen LogP contribution >= 0.6 is 0 Å². The van der Waals surface area contributed by atoms with Crippen molar-refractivity contribution in [3.63, 3.8) is 0 Å². The standard InChI is InChI=1S/C13H19N3/c1-2-10(9-14-6-1)8-12-5-7-15-13(16-12)11-3-4-11/h5,7,10-11,14H,1-4,6,8-9H2. The molecule has 0 spiro atoms. The summed E-state index contributed by atoms with van der Waals surface area (Å²) in [6.07, 6.45) is 8.28. The second-order valence-corrected chi connectivity index (χ2v) is 5.10. The summed E-state index contributed by atoms with van der Waals surface area (Å²) in [6, 6.07) is 2.08. The zero-order chi connectivity index (χ0) is 10.8. The molecule has 2 fully saturated rings. The van der Waals surface area contributed by atoms with E-state index in [1.54, 1.807) is 0 Å². The van der Waals surface area contributed by atoms with Crippen LogP contribution in [0, 0.1) is 5.92 Å². The summed E-state index contributed by atoms with van der Waals surface area (Å²) in [7, 11) is 0. The van der Waals surface area contributed by atoms with Crippen LogP contribution in [0.15, 0.2) is 12.3 Å². The van der Waals surface area contributed by atoms with E-state index in [0.29, 0.717) is 5.92 Å². The molecule has 86 valence electrons. The molecule has 1 aromatic rings. The monoisotopic (exact) mass is 217 g/mol. The van der Waals surface area contributed by atoms with E-state index in [-0.39, 0.29) is 0 Å². The highest BCUT2D eigenvalue weighted by molar-refractivity contribution is 5.10. The molecule has 0 bridgehead atoms. The SMILES string of the molecule is c1cc(CC2CCCNC2)nc(C2CC2)n1. The number of hydrogen-bond acceptors (Lipinski definition) is 3. The molecular formula is C13H19N3. The molecule has 1 aliphatic carbocycles. The number of aromatic nitrogens is 2. The second-order valence-electron chi connectivity index (χ2n) is 5.10. The van der Waals surface area contributed by atoms with E-state index in [4.69, 9.17) is 0 Å². The first-order valence-electron chi connectivity index (χ1n) is 6.44. The minimum atomic E-state index is 0.671. The summed E-state index contributed by atoms with van der Waals surface area (Å²) >= 11 is 0. The molecule has 0 aromatic carbocycles. The highest BCUT2D eigenvalue weighted by atomic mass is 14.9. The Morgan fingerprint density at radius 3 is 3.00 bits per heavy atom. The minimum Gasteiger partial charge on any atom is -0.316 e. The van der Waals surface area contributed by atoms with Crippen molar-refractivity contribution in [1.82, 2.24) is 15.3 Å². The molecule has 1 saturated carbocycles. The van der Waals surface area contributed by atoms with Gasteiger partial charge in [-0.15, -0.1) is 0 Å². The van der Waals surface area contributed by atoms with Crippen LogP contribution in [0.25, 0.3) is 0 Å². The fourth-order valence-electron chi connectivity index (χ4n) is 2.46. The molecule has 1 saturated heterocycles. The molecule has 0 amide bonds. The van der Waals surface area contributed by atoms with Gasteiger partial charge in [0.1, 0.15) is 5.82 Å². The summed E-state index contributed by atoms with van der Waals surface area (Å²) < 4.78 is 0. The van der Waals surface area contributed by atoms with E-state index in [1.165, 1.54) is 37.9 Å².